The molecule has 4 aromatic rings. The lowest BCUT2D eigenvalue weighted by molar-refractivity contribution is -0.118. The zero-order chi connectivity index (χ0) is 27.4. The first-order valence-electron chi connectivity index (χ1n) is 12.6. The van der Waals surface area contributed by atoms with Gasteiger partial charge in [-0.25, -0.2) is 9.37 Å². The van der Waals surface area contributed by atoms with Crippen LogP contribution in [0.15, 0.2) is 79.5 Å². The molecule has 1 N–H and O–H groups in total. The third-order valence-electron chi connectivity index (χ3n) is 6.59. The van der Waals surface area contributed by atoms with Crippen molar-refractivity contribution in [3.8, 4) is 5.75 Å². The summed E-state index contributed by atoms with van der Waals surface area (Å²) < 4.78 is 22.2. The number of carbonyl (C=O) groups excluding carboxylic acids is 1. The predicted octanol–water partition coefficient (Wildman–Crippen LogP) is 7.01. The van der Waals surface area contributed by atoms with Gasteiger partial charge in [0.2, 0.25) is 0 Å². The molecule has 0 aliphatic heterocycles. The second-order valence-corrected chi connectivity index (χ2v) is 11.1. The van der Waals surface area contributed by atoms with Crippen LogP contribution in [-0.2, 0) is 4.79 Å². The van der Waals surface area contributed by atoms with E-state index in [0.29, 0.717) is 26.9 Å². The zero-order valence-electron chi connectivity index (χ0n) is 20.9. The first-order valence-corrected chi connectivity index (χ1v) is 14.2. The number of rotatable bonds is 7. The predicted molar refractivity (Wildman–Crippen MR) is 157 cm³/mol. The smallest absolute Gasteiger partial charge is 0.282 e. The van der Waals surface area contributed by atoms with Crippen LogP contribution in [0.25, 0.3) is 10.9 Å². The number of hydrogen-bond donors (Lipinski definition) is 1. The van der Waals surface area contributed by atoms with E-state index in [0.717, 1.165) is 35.7 Å². The van der Waals surface area contributed by atoms with Gasteiger partial charge in [0.15, 0.2) is 6.61 Å². The minimum absolute atomic E-state index is 0.0927. The molecule has 0 unspecified atom stereocenters. The topological polar surface area (TPSA) is 85.6 Å². The Bertz CT molecular complexity index is 1620. The number of hydrogen-bond acceptors (Lipinski definition) is 5. The Morgan fingerprint density at radius 3 is 2.67 bits per heavy atom. The molecule has 1 aliphatic carbocycles. The average molecular weight is 656 g/mol. The van der Waals surface area contributed by atoms with Crippen molar-refractivity contribution in [1.82, 2.24) is 9.66 Å². The van der Waals surface area contributed by atoms with E-state index in [4.69, 9.17) is 9.72 Å². The van der Waals surface area contributed by atoms with Gasteiger partial charge in [-0.1, -0.05) is 47.3 Å². The molecule has 1 amide bonds. The summed E-state index contributed by atoms with van der Waals surface area (Å²) in [4.78, 5) is 30.5. The molecule has 5 rings (SSSR count). The fraction of sp³-hybridized carbons (Fsp3) is 0.241. The summed E-state index contributed by atoms with van der Waals surface area (Å²) in [5.41, 5.74) is 1.27. The first-order chi connectivity index (χ1) is 18.9. The van der Waals surface area contributed by atoms with Crippen molar-refractivity contribution < 1.29 is 13.9 Å². The number of nitrogens with one attached hydrogen (secondary N) is 1. The summed E-state index contributed by atoms with van der Waals surface area (Å²) in [6.07, 6.45) is 6.97. The second kappa shape index (κ2) is 12.2. The third-order valence-corrected chi connectivity index (χ3v) is 7.70. The number of amides is 1. The number of anilines is 1. The average Bonchev–Trinajstić information content (AvgIpc) is 2.94. The molecule has 0 spiro atoms. The highest BCUT2D eigenvalue weighted by molar-refractivity contribution is 9.10. The number of aromatic nitrogens is 2. The highest BCUT2D eigenvalue weighted by Gasteiger charge is 2.22. The van der Waals surface area contributed by atoms with Crippen LogP contribution < -0.4 is 15.6 Å². The Balaban J connectivity index is 1.36. The summed E-state index contributed by atoms with van der Waals surface area (Å²) in [5, 5.41) is 7.56. The molecule has 1 fully saturated rings. The van der Waals surface area contributed by atoms with Crippen LogP contribution in [0.5, 0.6) is 5.75 Å². The van der Waals surface area contributed by atoms with Crippen molar-refractivity contribution in [2.75, 3.05) is 11.9 Å². The standard InChI is InChI=1S/C29H25Br2FN4O3/c30-20-11-12-24-21(15-20)29(38)36(28(35-24)19-6-2-1-3-7-19)33-16-18-10-13-26(22(31)14-18)39-17-27(37)34-25-9-5-4-8-23(25)32/h4-5,8-16,19H,1-3,6-7,17H2,(H,34,37). The maximum absolute atomic E-state index is 13.8. The van der Waals surface area contributed by atoms with Gasteiger partial charge in [-0.15, -0.1) is 0 Å². The van der Waals surface area contributed by atoms with E-state index in [9.17, 15) is 14.0 Å². The number of benzene rings is 3. The van der Waals surface area contributed by atoms with Gasteiger partial charge >= 0.3 is 0 Å². The lowest BCUT2D eigenvalue weighted by atomic mass is 9.88. The minimum Gasteiger partial charge on any atom is -0.483 e. The molecule has 39 heavy (non-hydrogen) atoms. The highest BCUT2D eigenvalue weighted by atomic mass is 79.9. The number of fused-ring (bicyclic) bond motifs is 1. The van der Waals surface area contributed by atoms with Crippen LogP contribution in [0.3, 0.4) is 0 Å². The molecule has 0 saturated heterocycles. The molecule has 10 heteroatoms. The lowest BCUT2D eigenvalue weighted by Crippen LogP contribution is -2.25. The van der Waals surface area contributed by atoms with Gasteiger partial charge in [-0.2, -0.15) is 9.78 Å². The number of halogens is 3. The molecular formula is C29H25Br2FN4O3. The van der Waals surface area contributed by atoms with Crippen molar-refractivity contribution >= 4 is 60.6 Å². The number of nitrogens with zero attached hydrogens (tertiary/aromatic N) is 3. The molecule has 1 aromatic heterocycles. The van der Waals surface area contributed by atoms with E-state index in [1.54, 1.807) is 42.6 Å². The zero-order valence-corrected chi connectivity index (χ0v) is 24.0. The van der Waals surface area contributed by atoms with Gasteiger partial charge in [0.05, 0.1) is 27.3 Å². The maximum Gasteiger partial charge on any atom is 0.282 e. The van der Waals surface area contributed by atoms with Crippen molar-refractivity contribution in [2.24, 2.45) is 5.10 Å². The SMILES string of the molecule is O=C(COc1ccc(C=Nn2c(C3CCCCC3)nc3ccc(Br)cc3c2=O)cc1Br)Nc1ccccc1F. The van der Waals surface area contributed by atoms with Gasteiger partial charge in [-0.05, 0) is 82.9 Å². The van der Waals surface area contributed by atoms with Gasteiger partial charge < -0.3 is 10.1 Å². The van der Waals surface area contributed by atoms with E-state index in [1.165, 1.54) is 23.2 Å². The van der Waals surface area contributed by atoms with Gasteiger partial charge in [-0.3, -0.25) is 9.59 Å². The molecule has 1 aliphatic rings. The van der Waals surface area contributed by atoms with Crippen LogP contribution >= 0.6 is 31.9 Å². The van der Waals surface area contributed by atoms with Crippen LogP contribution in [0.4, 0.5) is 10.1 Å². The molecule has 7 nitrogen and oxygen atoms in total. The second-order valence-electron chi connectivity index (χ2n) is 9.33. The Morgan fingerprint density at radius 1 is 1.10 bits per heavy atom. The normalized spacial score (nSPS) is 14.1. The Hall–Kier alpha value is -3.37. The summed E-state index contributed by atoms with van der Waals surface area (Å²) >= 11 is 6.91. The maximum atomic E-state index is 13.8. The fourth-order valence-electron chi connectivity index (χ4n) is 4.63. The fourth-order valence-corrected chi connectivity index (χ4v) is 5.51. The van der Waals surface area contributed by atoms with E-state index in [2.05, 4.69) is 42.3 Å². The third kappa shape index (κ3) is 6.45. The number of para-hydroxylation sites is 1. The Kier molecular flexibility index (Phi) is 8.52. The van der Waals surface area contributed by atoms with Crippen LogP contribution in [0.1, 0.15) is 49.4 Å². The lowest BCUT2D eigenvalue weighted by Gasteiger charge is -2.22. The summed E-state index contributed by atoms with van der Waals surface area (Å²) in [5.74, 6) is 0.298. The van der Waals surface area contributed by atoms with E-state index < -0.39 is 11.7 Å². The van der Waals surface area contributed by atoms with Crippen molar-refractivity contribution in [3.63, 3.8) is 0 Å². The highest BCUT2D eigenvalue weighted by Crippen LogP contribution is 2.32. The van der Waals surface area contributed by atoms with Crippen molar-refractivity contribution in [3.05, 3.63) is 97.2 Å². The molecule has 0 bridgehead atoms. The van der Waals surface area contributed by atoms with Crippen molar-refractivity contribution in [1.29, 1.82) is 0 Å². The quantitative estimate of drug-likeness (QED) is 0.217. The molecule has 1 heterocycles. The molecule has 200 valence electrons. The molecule has 3 aromatic carbocycles. The largest absolute Gasteiger partial charge is 0.483 e. The first kappa shape index (κ1) is 27.2. The van der Waals surface area contributed by atoms with E-state index in [1.807, 2.05) is 12.1 Å². The Labute approximate surface area is 241 Å². The summed E-state index contributed by atoms with van der Waals surface area (Å²) in [7, 11) is 0. The number of ether oxygens (including phenoxy) is 1. The molecule has 1 saturated carbocycles. The number of carbonyl (C=O) groups is 1. The van der Waals surface area contributed by atoms with Gasteiger partial charge in [0, 0.05) is 10.4 Å². The van der Waals surface area contributed by atoms with Gasteiger partial charge in [0.25, 0.3) is 11.5 Å². The minimum atomic E-state index is -0.518. The van der Waals surface area contributed by atoms with Gasteiger partial charge in [0.1, 0.15) is 17.4 Å². The van der Waals surface area contributed by atoms with Crippen molar-refractivity contribution in [2.45, 2.75) is 38.0 Å². The Morgan fingerprint density at radius 2 is 1.90 bits per heavy atom. The monoisotopic (exact) mass is 654 g/mol. The van der Waals surface area contributed by atoms with Crippen LogP contribution in [0.2, 0.25) is 0 Å². The van der Waals surface area contributed by atoms with Crippen LogP contribution in [0, 0.1) is 5.82 Å². The summed E-state index contributed by atoms with van der Waals surface area (Å²) in [6, 6.07) is 16.7. The molecule has 0 radical (unpaired) electrons. The summed E-state index contributed by atoms with van der Waals surface area (Å²) in [6.45, 7) is -0.293. The van der Waals surface area contributed by atoms with Crippen LogP contribution in [-0.4, -0.2) is 28.4 Å². The van der Waals surface area contributed by atoms with E-state index >= 15 is 0 Å². The van der Waals surface area contributed by atoms with E-state index in [-0.39, 0.29) is 23.8 Å². The molecule has 0 atom stereocenters. The molecular weight excluding hydrogens is 631 g/mol.